The summed E-state index contributed by atoms with van der Waals surface area (Å²) in [5.74, 6) is 0.885. The molecule has 1 aromatic carbocycles. The van der Waals surface area contributed by atoms with Gasteiger partial charge in [0.05, 0.1) is 11.7 Å². The van der Waals surface area contributed by atoms with Crippen LogP contribution in [0.1, 0.15) is 52.0 Å². The molecule has 0 aliphatic rings. The number of aromatic amines is 1. The van der Waals surface area contributed by atoms with Gasteiger partial charge < -0.3 is 15.0 Å². The average molecular weight is 408 g/mol. The quantitative estimate of drug-likeness (QED) is 0.715. The van der Waals surface area contributed by atoms with Gasteiger partial charge in [0.1, 0.15) is 11.4 Å². The molecule has 0 spiro atoms. The van der Waals surface area contributed by atoms with E-state index in [0.29, 0.717) is 0 Å². The number of nitrogens with zero attached hydrogens (tertiary/aromatic N) is 1. The summed E-state index contributed by atoms with van der Waals surface area (Å²) in [5, 5.41) is 2.92. The van der Waals surface area contributed by atoms with Crippen molar-refractivity contribution in [2.24, 2.45) is 5.92 Å². The summed E-state index contributed by atoms with van der Waals surface area (Å²) in [6.07, 6.45) is 1.43. The van der Waals surface area contributed by atoms with Crippen LogP contribution in [0.25, 0.3) is 11.3 Å². The summed E-state index contributed by atoms with van der Waals surface area (Å²) in [4.78, 5) is 20.0. The van der Waals surface area contributed by atoms with E-state index in [0.717, 1.165) is 27.1 Å². The maximum Gasteiger partial charge on any atom is 0.408 e. The number of H-pyrrole nitrogens is 1. The fourth-order valence-corrected chi connectivity index (χ4v) is 3.01. The van der Waals surface area contributed by atoms with E-state index in [1.807, 2.05) is 59.9 Å². The number of alkyl carbamates (subject to hydrolysis) is 1. The number of imidazole rings is 1. The molecule has 0 radical (unpaired) electrons. The molecule has 1 aromatic heterocycles. The second-order valence-corrected chi connectivity index (χ2v) is 8.41. The van der Waals surface area contributed by atoms with Gasteiger partial charge in [0.25, 0.3) is 0 Å². The molecule has 6 heteroatoms. The summed E-state index contributed by atoms with van der Waals surface area (Å²) >= 11 is 3.48. The highest BCUT2D eigenvalue weighted by Gasteiger charge is 2.25. The van der Waals surface area contributed by atoms with Crippen LogP contribution in [0.2, 0.25) is 0 Å². The van der Waals surface area contributed by atoms with Crippen molar-refractivity contribution >= 4 is 22.0 Å². The topological polar surface area (TPSA) is 67.0 Å². The van der Waals surface area contributed by atoms with E-state index in [9.17, 15) is 4.79 Å². The summed E-state index contributed by atoms with van der Waals surface area (Å²) < 4.78 is 6.40. The average Bonchev–Trinajstić information content (AvgIpc) is 2.91. The lowest BCUT2D eigenvalue weighted by Gasteiger charge is -2.24. The van der Waals surface area contributed by atoms with E-state index in [4.69, 9.17) is 9.72 Å². The Bertz CT molecular complexity index is 747. The van der Waals surface area contributed by atoms with Gasteiger partial charge in [-0.05, 0) is 51.3 Å². The van der Waals surface area contributed by atoms with Crippen molar-refractivity contribution in [2.45, 2.75) is 53.2 Å². The lowest BCUT2D eigenvalue weighted by molar-refractivity contribution is 0.0486. The number of aryl methyl sites for hydroxylation is 1. The third kappa shape index (κ3) is 5.33. The van der Waals surface area contributed by atoms with Gasteiger partial charge in [-0.2, -0.15) is 0 Å². The highest BCUT2D eigenvalue weighted by atomic mass is 79.9. The van der Waals surface area contributed by atoms with Crippen molar-refractivity contribution in [3.63, 3.8) is 0 Å². The van der Waals surface area contributed by atoms with Gasteiger partial charge in [-0.25, -0.2) is 9.78 Å². The van der Waals surface area contributed by atoms with Gasteiger partial charge in [0.2, 0.25) is 0 Å². The van der Waals surface area contributed by atoms with Gasteiger partial charge in [-0.15, -0.1) is 0 Å². The van der Waals surface area contributed by atoms with Crippen LogP contribution in [-0.4, -0.2) is 21.7 Å². The number of halogens is 1. The number of amides is 1. The Kier molecular flexibility index (Phi) is 5.93. The predicted octanol–water partition coefficient (Wildman–Crippen LogP) is 5.37. The van der Waals surface area contributed by atoms with E-state index in [1.54, 1.807) is 0 Å². The molecule has 2 rings (SSSR count). The molecule has 1 atom stereocenters. The molecular formula is C19H26BrN3O2. The number of carbonyl (C=O) groups excluding carboxylic acids is 1. The van der Waals surface area contributed by atoms with Crippen molar-refractivity contribution in [3.8, 4) is 11.3 Å². The SMILES string of the molecule is Cc1cc(Br)ccc1-c1c[nH]c([C@@H](NC(=O)OC(C)(C)C)C(C)C)n1. The normalized spacial score (nSPS) is 13.0. The third-order valence-electron chi connectivity index (χ3n) is 3.70. The van der Waals surface area contributed by atoms with E-state index in [1.165, 1.54) is 0 Å². The van der Waals surface area contributed by atoms with Crippen LogP contribution in [-0.2, 0) is 4.74 Å². The Hall–Kier alpha value is -1.82. The predicted molar refractivity (Wildman–Crippen MR) is 103 cm³/mol. The summed E-state index contributed by atoms with van der Waals surface area (Å²) in [6.45, 7) is 11.7. The number of ether oxygens (including phenoxy) is 1. The fourth-order valence-electron chi connectivity index (χ4n) is 2.53. The van der Waals surface area contributed by atoms with Crippen LogP contribution in [0, 0.1) is 12.8 Å². The number of rotatable bonds is 4. The van der Waals surface area contributed by atoms with Crippen molar-refractivity contribution < 1.29 is 9.53 Å². The van der Waals surface area contributed by atoms with Crippen LogP contribution in [0.5, 0.6) is 0 Å². The second kappa shape index (κ2) is 7.60. The monoisotopic (exact) mass is 407 g/mol. The maximum atomic E-state index is 12.1. The number of benzene rings is 1. The molecule has 1 amide bonds. The molecule has 0 bridgehead atoms. The lowest BCUT2D eigenvalue weighted by atomic mass is 10.0. The van der Waals surface area contributed by atoms with E-state index >= 15 is 0 Å². The molecule has 2 aromatic rings. The zero-order valence-electron chi connectivity index (χ0n) is 15.6. The number of aromatic nitrogens is 2. The van der Waals surface area contributed by atoms with Crippen LogP contribution < -0.4 is 5.32 Å². The highest BCUT2D eigenvalue weighted by molar-refractivity contribution is 9.10. The summed E-state index contributed by atoms with van der Waals surface area (Å²) in [7, 11) is 0. The standard InChI is InChI=1S/C19H26BrN3O2/c1-11(2)16(23-18(24)25-19(4,5)6)17-21-10-15(22-17)14-8-7-13(20)9-12(14)3/h7-11,16H,1-6H3,(H,21,22)(H,23,24)/t16-/m0/s1. The van der Waals surface area contributed by atoms with Gasteiger partial charge >= 0.3 is 6.09 Å². The number of hydrogen-bond acceptors (Lipinski definition) is 3. The first-order valence-corrected chi connectivity index (χ1v) is 9.17. The lowest BCUT2D eigenvalue weighted by Crippen LogP contribution is -2.37. The second-order valence-electron chi connectivity index (χ2n) is 7.50. The molecule has 0 aliphatic heterocycles. The Morgan fingerprint density at radius 3 is 2.56 bits per heavy atom. The fraction of sp³-hybridized carbons (Fsp3) is 0.474. The molecule has 0 aliphatic carbocycles. The summed E-state index contributed by atoms with van der Waals surface area (Å²) in [6, 6.07) is 5.84. The number of carbonyl (C=O) groups is 1. The number of hydrogen-bond donors (Lipinski definition) is 2. The summed E-state index contributed by atoms with van der Waals surface area (Å²) in [5.41, 5.74) is 2.52. The molecule has 0 saturated heterocycles. The van der Waals surface area contributed by atoms with Crippen LogP contribution in [0.15, 0.2) is 28.9 Å². The molecule has 1 heterocycles. The van der Waals surface area contributed by atoms with Crippen LogP contribution in [0.4, 0.5) is 4.79 Å². The van der Waals surface area contributed by atoms with Crippen molar-refractivity contribution in [1.82, 2.24) is 15.3 Å². The minimum atomic E-state index is -0.533. The third-order valence-corrected chi connectivity index (χ3v) is 4.19. The zero-order valence-corrected chi connectivity index (χ0v) is 17.2. The van der Waals surface area contributed by atoms with E-state index in [-0.39, 0.29) is 12.0 Å². The zero-order chi connectivity index (χ0) is 18.8. The number of nitrogens with one attached hydrogen (secondary N) is 2. The Morgan fingerprint density at radius 1 is 1.32 bits per heavy atom. The smallest absolute Gasteiger partial charge is 0.408 e. The first-order chi connectivity index (χ1) is 11.6. The molecule has 0 saturated carbocycles. The highest BCUT2D eigenvalue weighted by Crippen LogP contribution is 2.27. The molecule has 0 unspecified atom stereocenters. The first-order valence-electron chi connectivity index (χ1n) is 8.38. The van der Waals surface area contributed by atoms with Gasteiger partial charge in [-0.1, -0.05) is 35.8 Å². The van der Waals surface area contributed by atoms with Crippen molar-refractivity contribution in [1.29, 1.82) is 0 Å². The molecule has 25 heavy (non-hydrogen) atoms. The largest absolute Gasteiger partial charge is 0.444 e. The van der Waals surface area contributed by atoms with Crippen LogP contribution in [0.3, 0.4) is 0 Å². The van der Waals surface area contributed by atoms with E-state index in [2.05, 4.69) is 32.3 Å². The molecule has 0 fully saturated rings. The Balaban J connectivity index is 2.23. The maximum absolute atomic E-state index is 12.1. The Morgan fingerprint density at radius 2 is 2.00 bits per heavy atom. The first kappa shape index (κ1) is 19.5. The molecule has 136 valence electrons. The molecule has 5 nitrogen and oxygen atoms in total. The van der Waals surface area contributed by atoms with Gasteiger partial charge in [0, 0.05) is 16.2 Å². The van der Waals surface area contributed by atoms with Gasteiger partial charge in [-0.3, -0.25) is 0 Å². The molecule has 2 N–H and O–H groups in total. The van der Waals surface area contributed by atoms with Crippen molar-refractivity contribution in [2.75, 3.05) is 0 Å². The van der Waals surface area contributed by atoms with Crippen molar-refractivity contribution in [3.05, 3.63) is 40.3 Å². The van der Waals surface area contributed by atoms with Gasteiger partial charge in [0.15, 0.2) is 0 Å². The minimum absolute atomic E-state index is 0.164. The molecular weight excluding hydrogens is 382 g/mol. The minimum Gasteiger partial charge on any atom is -0.444 e. The van der Waals surface area contributed by atoms with E-state index < -0.39 is 11.7 Å². The van der Waals surface area contributed by atoms with Crippen LogP contribution >= 0.6 is 15.9 Å². The Labute approximate surface area is 157 Å².